The first kappa shape index (κ1) is 16.0. The number of nitrogens with one attached hydrogen (secondary N) is 1. The van der Waals surface area contributed by atoms with Crippen molar-refractivity contribution in [2.75, 3.05) is 18.5 Å². The Labute approximate surface area is 142 Å². The summed E-state index contributed by atoms with van der Waals surface area (Å²) in [6.45, 7) is 2.65. The number of likely N-dealkylation sites (N-methyl/N-ethyl adjacent to an activating group) is 1. The molecular weight excluding hydrogens is 298 g/mol. The van der Waals surface area contributed by atoms with E-state index in [1.807, 2.05) is 55.6 Å². The molecule has 1 N–H and O–H groups in total. The number of hydrogen-bond acceptors (Lipinski definition) is 3. The zero-order valence-corrected chi connectivity index (χ0v) is 13.9. The van der Waals surface area contributed by atoms with E-state index in [0.29, 0.717) is 12.1 Å². The van der Waals surface area contributed by atoms with Crippen molar-refractivity contribution in [2.24, 2.45) is 0 Å². The van der Waals surface area contributed by atoms with Crippen LogP contribution in [0.15, 0.2) is 66.9 Å². The number of amides is 1. The summed E-state index contributed by atoms with van der Waals surface area (Å²) in [6.07, 6.45) is 1.71. The highest BCUT2D eigenvalue weighted by molar-refractivity contribution is 6.05. The maximum absolute atomic E-state index is 12.6. The molecule has 1 unspecified atom stereocenters. The molecule has 0 radical (unpaired) electrons. The van der Waals surface area contributed by atoms with Crippen LogP contribution in [0.2, 0.25) is 0 Å². The van der Waals surface area contributed by atoms with Gasteiger partial charge in [-0.1, -0.05) is 36.4 Å². The smallest absolute Gasteiger partial charge is 0.253 e. The number of fused-ring (bicyclic) bond motifs is 1. The third-order valence-electron chi connectivity index (χ3n) is 4.26. The molecule has 1 amide bonds. The first-order chi connectivity index (χ1) is 11.7. The first-order valence-corrected chi connectivity index (χ1v) is 8.06. The second-order valence-electron chi connectivity index (χ2n) is 5.89. The lowest BCUT2D eigenvalue weighted by atomic mass is 10.1. The summed E-state index contributed by atoms with van der Waals surface area (Å²) < 4.78 is 0. The van der Waals surface area contributed by atoms with E-state index >= 15 is 0 Å². The average Bonchev–Trinajstić information content (AvgIpc) is 2.65. The largest absolute Gasteiger partial charge is 0.370 e. The molecule has 3 aromatic rings. The number of carbonyl (C=O) groups is 1. The van der Waals surface area contributed by atoms with Gasteiger partial charge in [0, 0.05) is 36.9 Å². The average molecular weight is 319 g/mol. The number of aromatic nitrogens is 1. The van der Waals surface area contributed by atoms with Crippen molar-refractivity contribution >= 4 is 22.5 Å². The van der Waals surface area contributed by atoms with Crippen LogP contribution in [-0.2, 0) is 0 Å². The van der Waals surface area contributed by atoms with Crippen LogP contribution >= 0.6 is 0 Å². The molecule has 0 fully saturated rings. The monoisotopic (exact) mass is 319 g/mol. The van der Waals surface area contributed by atoms with Crippen molar-refractivity contribution in [2.45, 2.75) is 13.0 Å². The van der Waals surface area contributed by atoms with Gasteiger partial charge in [0.15, 0.2) is 0 Å². The summed E-state index contributed by atoms with van der Waals surface area (Å²) in [6, 6.07) is 19.8. The summed E-state index contributed by atoms with van der Waals surface area (Å²) in [4.78, 5) is 19.0. The molecule has 0 saturated heterocycles. The van der Waals surface area contributed by atoms with Gasteiger partial charge in [-0.2, -0.15) is 0 Å². The summed E-state index contributed by atoms with van der Waals surface area (Å²) in [7, 11) is 2.03. The van der Waals surface area contributed by atoms with Crippen molar-refractivity contribution in [3.05, 3.63) is 72.4 Å². The molecule has 2 aromatic carbocycles. The molecular formula is C20H21N3O. The highest BCUT2D eigenvalue weighted by atomic mass is 16.1. The Morgan fingerprint density at radius 1 is 1.08 bits per heavy atom. The van der Waals surface area contributed by atoms with Gasteiger partial charge in [-0.15, -0.1) is 0 Å². The van der Waals surface area contributed by atoms with Crippen molar-refractivity contribution in [1.29, 1.82) is 0 Å². The van der Waals surface area contributed by atoms with Gasteiger partial charge in [0.25, 0.3) is 5.91 Å². The minimum atomic E-state index is -0.0902. The summed E-state index contributed by atoms with van der Waals surface area (Å²) in [5.41, 5.74) is 2.48. The van der Waals surface area contributed by atoms with Crippen molar-refractivity contribution in [3.63, 3.8) is 0 Å². The molecule has 0 bridgehead atoms. The number of rotatable bonds is 5. The van der Waals surface area contributed by atoms with E-state index < -0.39 is 0 Å². The Balaban J connectivity index is 1.69. The molecule has 1 heterocycles. The van der Waals surface area contributed by atoms with Crippen LogP contribution < -0.4 is 10.2 Å². The van der Waals surface area contributed by atoms with Gasteiger partial charge in [0.1, 0.15) is 0 Å². The van der Waals surface area contributed by atoms with Crippen LogP contribution in [0, 0.1) is 0 Å². The van der Waals surface area contributed by atoms with Crippen LogP contribution in [0.25, 0.3) is 10.9 Å². The van der Waals surface area contributed by atoms with E-state index in [1.54, 1.807) is 6.20 Å². The van der Waals surface area contributed by atoms with Gasteiger partial charge < -0.3 is 10.2 Å². The van der Waals surface area contributed by atoms with Gasteiger partial charge in [0.05, 0.1) is 11.1 Å². The van der Waals surface area contributed by atoms with Gasteiger partial charge in [0.2, 0.25) is 0 Å². The van der Waals surface area contributed by atoms with E-state index in [0.717, 1.165) is 16.6 Å². The predicted molar refractivity (Wildman–Crippen MR) is 98.4 cm³/mol. The lowest BCUT2D eigenvalue weighted by molar-refractivity contribution is 0.0953. The molecule has 4 nitrogen and oxygen atoms in total. The van der Waals surface area contributed by atoms with Gasteiger partial charge in [-0.25, -0.2) is 0 Å². The van der Waals surface area contributed by atoms with Gasteiger partial charge in [-0.05, 0) is 31.2 Å². The van der Waals surface area contributed by atoms with E-state index in [4.69, 9.17) is 0 Å². The Morgan fingerprint density at radius 2 is 1.83 bits per heavy atom. The highest BCUT2D eigenvalue weighted by Gasteiger charge is 2.14. The highest BCUT2D eigenvalue weighted by Crippen LogP contribution is 2.16. The Morgan fingerprint density at radius 3 is 2.62 bits per heavy atom. The van der Waals surface area contributed by atoms with E-state index in [2.05, 4.69) is 34.3 Å². The minimum absolute atomic E-state index is 0.0902. The Hall–Kier alpha value is -2.88. The zero-order chi connectivity index (χ0) is 16.9. The van der Waals surface area contributed by atoms with Crippen LogP contribution in [0.4, 0.5) is 5.69 Å². The number of carbonyl (C=O) groups excluding carboxylic acids is 1. The molecule has 0 saturated carbocycles. The summed E-state index contributed by atoms with van der Waals surface area (Å²) >= 11 is 0. The zero-order valence-electron chi connectivity index (χ0n) is 13.9. The maximum atomic E-state index is 12.6. The maximum Gasteiger partial charge on any atom is 0.253 e. The van der Waals surface area contributed by atoms with Gasteiger partial charge in [-0.3, -0.25) is 9.78 Å². The quantitative estimate of drug-likeness (QED) is 0.783. The molecule has 4 heteroatoms. The van der Waals surface area contributed by atoms with E-state index in [9.17, 15) is 4.79 Å². The number of benzene rings is 2. The van der Waals surface area contributed by atoms with E-state index in [-0.39, 0.29) is 11.9 Å². The lowest BCUT2D eigenvalue weighted by Gasteiger charge is -2.27. The topological polar surface area (TPSA) is 45.2 Å². The summed E-state index contributed by atoms with van der Waals surface area (Å²) in [5.74, 6) is -0.0902. The number of hydrogen-bond donors (Lipinski definition) is 1. The normalized spacial score (nSPS) is 11.9. The third-order valence-corrected chi connectivity index (χ3v) is 4.26. The summed E-state index contributed by atoms with van der Waals surface area (Å²) in [5, 5.41) is 3.99. The number of pyridine rings is 1. The molecule has 0 aliphatic carbocycles. The number of para-hydroxylation sites is 2. The Kier molecular flexibility index (Phi) is 4.75. The first-order valence-electron chi connectivity index (χ1n) is 8.06. The second kappa shape index (κ2) is 7.13. The third kappa shape index (κ3) is 3.38. The molecule has 122 valence electrons. The van der Waals surface area contributed by atoms with Crippen LogP contribution in [0.1, 0.15) is 17.3 Å². The fourth-order valence-electron chi connectivity index (χ4n) is 2.68. The van der Waals surface area contributed by atoms with Gasteiger partial charge >= 0.3 is 0 Å². The molecule has 3 rings (SSSR count). The molecule has 24 heavy (non-hydrogen) atoms. The fraction of sp³-hybridized carbons (Fsp3) is 0.200. The SMILES string of the molecule is CC(CNC(=O)c1cccc2cccnc12)N(C)c1ccccc1. The predicted octanol–water partition coefficient (Wildman–Crippen LogP) is 3.49. The molecule has 0 aliphatic rings. The van der Waals surface area contributed by atoms with E-state index in [1.165, 1.54) is 0 Å². The van der Waals surface area contributed by atoms with Crippen molar-refractivity contribution < 1.29 is 4.79 Å². The number of anilines is 1. The van der Waals surface area contributed by atoms with Crippen LogP contribution in [-0.4, -0.2) is 30.5 Å². The fourth-order valence-corrected chi connectivity index (χ4v) is 2.68. The molecule has 1 aromatic heterocycles. The minimum Gasteiger partial charge on any atom is -0.370 e. The van der Waals surface area contributed by atoms with Crippen LogP contribution in [0.5, 0.6) is 0 Å². The number of nitrogens with zero attached hydrogens (tertiary/aromatic N) is 2. The Bertz CT molecular complexity index is 827. The molecule has 1 atom stereocenters. The molecule has 0 spiro atoms. The molecule has 0 aliphatic heterocycles. The van der Waals surface area contributed by atoms with Crippen molar-refractivity contribution in [1.82, 2.24) is 10.3 Å². The van der Waals surface area contributed by atoms with Crippen molar-refractivity contribution in [3.8, 4) is 0 Å². The van der Waals surface area contributed by atoms with Crippen LogP contribution in [0.3, 0.4) is 0 Å². The standard InChI is InChI=1S/C20H21N3O/c1-15(23(2)17-10-4-3-5-11-17)14-22-20(24)18-12-6-8-16-9-7-13-21-19(16)18/h3-13,15H,14H2,1-2H3,(H,22,24). The second-order valence-corrected chi connectivity index (χ2v) is 5.89. The lowest BCUT2D eigenvalue weighted by Crippen LogP contribution is -2.40.